The van der Waals surface area contributed by atoms with Crippen LogP contribution in [0.15, 0.2) is 39.1 Å². The molecule has 0 amide bonds. The maximum atomic E-state index is 12.9. The molecule has 0 saturated heterocycles. The Morgan fingerprint density at radius 1 is 1.40 bits per heavy atom. The lowest BCUT2D eigenvalue weighted by Crippen LogP contribution is -2.39. The summed E-state index contributed by atoms with van der Waals surface area (Å²) in [7, 11) is 0. The van der Waals surface area contributed by atoms with Gasteiger partial charge in [-0.25, -0.2) is 0 Å². The molecule has 25 heavy (non-hydrogen) atoms. The van der Waals surface area contributed by atoms with Gasteiger partial charge in [-0.05, 0) is 37.3 Å². The van der Waals surface area contributed by atoms with Gasteiger partial charge in [-0.2, -0.15) is 0 Å². The first-order chi connectivity index (χ1) is 11.8. The van der Waals surface area contributed by atoms with E-state index in [4.69, 9.17) is 9.15 Å². The number of furan rings is 1. The van der Waals surface area contributed by atoms with E-state index in [1.54, 1.807) is 12.3 Å². The Balaban J connectivity index is 2.08. The zero-order chi connectivity index (χ0) is 18.2. The van der Waals surface area contributed by atoms with Gasteiger partial charge in [0.1, 0.15) is 11.7 Å². The highest BCUT2D eigenvalue weighted by Gasteiger charge is 2.47. The summed E-state index contributed by atoms with van der Waals surface area (Å²) in [5.74, 6) is -0.726. The van der Waals surface area contributed by atoms with E-state index in [0.29, 0.717) is 30.1 Å². The number of carbonyl (C=O) groups excluding carboxylic acids is 2. The van der Waals surface area contributed by atoms with Crippen LogP contribution in [-0.4, -0.2) is 24.1 Å². The van der Waals surface area contributed by atoms with Crippen molar-refractivity contribution in [3.63, 3.8) is 0 Å². The van der Waals surface area contributed by atoms with Crippen LogP contribution in [0.5, 0.6) is 0 Å². The van der Waals surface area contributed by atoms with Crippen LogP contribution < -0.4 is 0 Å². The van der Waals surface area contributed by atoms with E-state index in [1.807, 2.05) is 19.9 Å². The van der Waals surface area contributed by atoms with E-state index in [1.165, 1.54) is 0 Å². The fourth-order valence-electron chi connectivity index (χ4n) is 3.82. The molecule has 1 aliphatic carbocycles. The first-order valence-corrected chi connectivity index (χ1v) is 8.85. The largest absolute Gasteiger partial charge is 0.469 e. The zero-order valence-corrected chi connectivity index (χ0v) is 15.3. The minimum atomic E-state index is -0.610. The summed E-state index contributed by atoms with van der Waals surface area (Å²) >= 11 is 0. The Kier molecular flexibility index (Phi) is 4.67. The molecule has 1 aromatic heterocycles. The predicted molar refractivity (Wildman–Crippen MR) is 94.3 cm³/mol. The fourth-order valence-corrected chi connectivity index (χ4v) is 3.82. The molecule has 0 bridgehead atoms. The summed E-state index contributed by atoms with van der Waals surface area (Å²) in [4.78, 5) is 30.3. The Bertz CT molecular complexity index is 740. The van der Waals surface area contributed by atoms with Crippen LogP contribution in [-0.2, 0) is 14.3 Å². The topological polar surface area (TPSA) is 68.9 Å². The first kappa shape index (κ1) is 17.6. The zero-order valence-electron chi connectivity index (χ0n) is 15.3. The van der Waals surface area contributed by atoms with Crippen LogP contribution >= 0.6 is 0 Å². The minimum absolute atomic E-state index is 0.0530. The van der Waals surface area contributed by atoms with Gasteiger partial charge in [-0.15, -0.1) is 0 Å². The van der Waals surface area contributed by atoms with Gasteiger partial charge in [0.15, 0.2) is 5.78 Å². The number of Topliss-reactive ketones (excluding diaryl/α,β-unsaturated/α-hetero) is 1. The van der Waals surface area contributed by atoms with Crippen molar-refractivity contribution in [3.05, 3.63) is 35.4 Å². The van der Waals surface area contributed by atoms with Gasteiger partial charge in [-0.3, -0.25) is 14.6 Å². The Morgan fingerprint density at radius 2 is 2.16 bits per heavy atom. The Morgan fingerprint density at radius 3 is 2.80 bits per heavy atom. The van der Waals surface area contributed by atoms with Gasteiger partial charge in [0.2, 0.25) is 0 Å². The van der Waals surface area contributed by atoms with Crippen LogP contribution in [0.2, 0.25) is 0 Å². The number of hydrogen-bond donors (Lipinski definition) is 0. The fraction of sp³-hybridized carbons (Fsp3) is 0.550. The summed E-state index contributed by atoms with van der Waals surface area (Å²) in [6, 6.07) is 3.60. The van der Waals surface area contributed by atoms with E-state index in [-0.39, 0.29) is 17.2 Å². The van der Waals surface area contributed by atoms with Gasteiger partial charge < -0.3 is 9.15 Å². The van der Waals surface area contributed by atoms with Crippen molar-refractivity contribution in [3.8, 4) is 0 Å². The summed E-state index contributed by atoms with van der Waals surface area (Å²) in [5.41, 5.74) is 1.98. The number of nitrogens with zero attached hydrogens (tertiary/aromatic N) is 1. The molecular weight excluding hydrogens is 318 g/mol. The highest BCUT2D eigenvalue weighted by atomic mass is 16.5. The second-order valence-corrected chi connectivity index (χ2v) is 7.69. The van der Waals surface area contributed by atoms with E-state index in [0.717, 1.165) is 18.5 Å². The molecule has 2 atom stereocenters. The van der Waals surface area contributed by atoms with Crippen molar-refractivity contribution in [1.29, 1.82) is 0 Å². The number of esters is 1. The molecule has 0 N–H and O–H groups in total. The lowest BCUT2D eigenvalue weighted by Gasteiger charge is -2.38. The van der Waals surface area contributed by atoms with Gasteiger partial charge in [0.25, 0.3) is 0 Å². The van der Waals surface area contributed by atoms with Crippen LogP contribution in [0, 0.1) is 11.3 Å². The number of rotatable bonds is 4. The van der Waals surface area contributed by atoms with Crippen molar-refractivity contribution in [2.45, 2.75) is 52.9 Å². The van der Waals surface area contributed by atoms with Gasteiger partial charge >= 0.3 is 5.97 Å². The quantitative estimate of drug-likeness (QED) is 0.773. The normalized spacial score (nSPS) is 25.4. The molecule has 2 heterocycles. The van der Waals surface area contributed by atoms with E-state index in [9.17, 15) is 9.59 Å². The van der Waals surface area contributed by atoms with Gasteiger partial charge in [0.05, 0.1) is 18.8 Å². The number of ether oxygens (including phenoxy) is 1. The highest BCUT2D eigenvalue weighted by Crippen LogP contribution is 2.47. The van der Waals surface area contributed by atoms with Crippen LogP contribution in [0.3, 0.4) is 0 Å². The summed E-state index contributed by atoms with van der Waals surface area (Å²) < 4.78 is 11.0. The maximum Gasteiger partial charge on any atom is 0.315 e. The van der Waals surface area contributed by atoms with Gasteiger partial charge in [0, 0.05) is 23.4 Å². The van der Waals surface area contributed by atoms with Crippen LogP contribution in [0.25, 0.3) is 0 Å². The first-order valence-electron chi connectivity index (χ1n) is 8.85. The SMILES string of the molecule is CCCOC(=O)C1C(C)=NC2=C(C(=O)CC(C)(C)C2)[C@H]1c1ccco1. The maximum absolute atomic E-state index is 12.9. The lowest BCUT2D eigenvalue weighted by molar-refractivity contribution is -0.146. The third kappa shape index (κ3) is 3.32. The molecular formula is C20H25NO4. The number of aliphatic imine (C=N–C) groups is 1. The van der Waals surface area contributed by atoms with E-state index >= 15 is 0 Å². The molecule has 2 aliphatic rings. The molecule has 0 fully saturated rings. The summed E-state index contributed by atoms with van der Waals surface area (Å²) in [6.07, 6.45) is 3.50. The van der Waals surface area contributed by atoms with Crippen molar-refractivity contribution >= 4 is 17.5 Å². The minimum Gasteiger partial charge on any atom is -0.469 e. The van der Waals surface area contributed by atoms with Crippen molar-refractivity contribution in [1.82, 2.24) is 0 Å². The summed E-state index contributed by atoms with van der Waals surface area (Å²) in [6.45, 7) is 8.29. The third-order valence-corrected chi connectivity index (χ3v) is 4.85. The molecule has 3 rings (SSSR count). The van der Waals surface area contributed by atoms with Crippen molar-refractivity contribution in [2.24, 2.45) is 16.3 Å². The number of carbonyl (C=O) groups is 2. The standard InChI is InChI=1S/C20H25NO4/c1-5-8-25-19(23)16-12(2)21-13-10-20(3,4)11-14(22)17(13)18(16)15-7-6-9-24-15/h6-7,9,16,18H,5,8,10-11H2,1-4H3/t16?,18-/m0/s1. The smallest absolute Gasteiger partial charge is 0.315 e. The number of ketones is 1. The van der Waals surface area contributed by atoms with Crippen LogP contribution in [0.4, 0.5) is 0 Å². The second-order valence-electron chi connectivity index (χ2n) is 7.69. The van der Waals surface area contributed by atoms with Gasteiger partial charge in [-0.1, -0.05) is 20.8 Å². The lowest BCUT2D eigenvalue weighted by atomic mass is 9.68. The highest BCUT2D eigenvalue weighted by molar-refractivity contribution is 6.08. The number of allylic oxidation sites excluding steroid dienone is 2. The molecule has 134 valence electrons. The molecule has 1 unspecified atom stereocenters. The molecule has 5 heteroatoms. The van der Waals surface area contributed by atoms with Crippen LogP contribution in [0.1, 0.15) is 58.6 Å². The molecule has 0 aromatic carbocycles. The predicted octanol–water partition coefficient (Wildman–Crippen LogP) is 4.05. The number of hydrogen-bond acceptors (Lipinski definition) is 5. The Hall–Kier alpha value is -2.17. The Labute approximate surface area is 148 Å². The molecule has 5 nitrogen and oxygen atoms in total. The second kappa shape index (κ2) is 6.62. The third-order valence-electron chi connectivity index (χ3n) is 4.85. The molecule has 1 aliphatic heterocycles. The van der Waals surface area contributed by atoms with E-state index < -0.39 is 11.8 Å². The molecule has 1 aromatic rings. The average molecular weight is 343 g/mol. The molecule has 0 saturated carbocycles. The van der Waals surface area contributed by atoms with E-state index in [2.05, 4.69) is 18.8 Å². The average Bonchev–Trinajstić information content (AvgIpc) is 3.04. The van der Waals surface area contributed by atoms with Crippen molar-refractivity contribution in [2.75, 3.05) is 6.61 Å². The van der Waals surface area contributed by atoms with Crippen molar-refractivity contribution < 1.29 is 18.7 Å². The molecule has 0 spiro atoms. The summed E-state index contributed by atoms with van der Waals surface area (Å²) in [5, 5.41) is 0. The molecule has 0 radical (unpaired) electrons. The monoisotopic (exact) mass is 343 g/mol.